The van der Waals surface area contributed by atoms with Crippen LogP contribution in [0, 0.1) is 0 Å². The fraction of sp³-hybridized carbons (Fsp3) is 0.462. The van der Waals surface area contributed by atoms with Gasteiger partial charge in [-0.05, 0) is 63.1 Å². The number of carbonyl (C=O) groups excluding carboxylic acids is 4. The van der Waals surface area contributed by atoms with Gasteiger partial charge in [-0.1, -0.05) is 25.0 Å². The number of thiophene rings is 1. The number of benzene rings is 1. The van der Waals surface area contributed by atoms with Crippen molar-refractivity contribution in [2.24, 2.45) is 0 Å². The number of unbranched alkanes of at least 4 members (excludes halogenated alkanes) is 3. The Morgan fingerprint density at radius 3 is 2.38 bits per heavy atom. The number of anilines is 1. The smallest absolute Gasteiger partial charge is 0.341 e. The molecule has 0 unspecified atom stereocenters. The minimum absolute atomic E-state index is 0.107. The number of hydrogen-bond donors (Lipinski definition) is 1. The van der Waals surface area contributed by atoms with Gasteiger partial charge in [-0.2, -0.15) is 0 Å². The van der Waals surface area contributed by atoms with E-state index in [0.29, 0.717) is 54.1 Å². The van der Waals surface area contributed by atoms with Crippen molar-refractivity contribution in [1.29, 1.82) is 0 Å². The summed E-state index contributed by atoms with van der Waals surface area (Å²) >= 11 is 1.50. The van der Waals surface area contributed by atoms with Crippen molar-refractivity contribution in [2.45, 2.75) is 64.7 Å². The Bertz CT molecular complexity index is 1070. The highest BCUT2D eigenvalue weighted by atomic mass is 32.1. The van der Waals surface area contributed by atoms with Gasteiger partial charge in [-0.15, -0.1) is 11.3 Å². The van der Waals surface area contributed by atoms with Crippen LogP contribution < -0.4 is 5.32 Å². The molecule has 1 aliphatic heterocycles. The highest BCUT2D eigenvalue weighted by Gasteiger charge is 2.34. The maximum Gasteiger partial charge on any atom is 0.341 e. The van der Waals surface area contributed by atoms with Crippen LogP contribution in [0.1, 0.15) is 93.4 Å². The lowest BCUT2D eigenvalue weighted by atomic mass is 9.95. The Kier molecular flexibility index (Phi) is 7.77. The van der Waals surface area contributed by atoms with E-state index < -0.39 is 0 Å². The van der Waals surface area contributed by atoms with Gasteiger partial charge in [0, 0.05) is 17.8 Å². The van der Waals surface area contributed by atoms with E-state index in [9.17, 15) is 19.2 Å². The van der Waals surface area contributed by atoms with Gasteiger partial charge in [0.2, 0.25) is 5.91 Å². The van der Waals surface area contributed by atoms with Crippen LogP contribution in [0.2, 0.25) is 0 Å². The number of fused-ring (bicyclic) bond motifs is 2. The Morgan fingerprint density at radius 2 is 1.68 bits per heavy atom. The molecule has 34 heavy (non-hydrogen) atoms. The summed E-state index contributed by atoms with van der Waals surface area (Å²) in [6, 6.07) is 6.90. The van der Waals surface area contributed by atoms with Crippen LogP contribution >= 0.6 is 11.3 Å². The fourth-order valence-corrected chi connectivity index (χ4v) is 5.91. The number of aryl methyl sites for hydroxylation is 1. The molecule has 0 spiro atoms. The molecular formula is C26H30N2O5S. The van der Waals surface area contributed by atoms with Gasteiger partial charge in [-0.3, -0.25) is 19.3 Å². The van der Waals surface area contributed by atoms with E-state index in [1.165, 1.54) is 21.1 Å². The van der Waals surface area contributed by atoms with E-state index >= 15 is 0 Å². The Balaban J connectivity index is 1.22. The summed E-state index contributed by atoms with van der Waals surface area (Å²) < 4.78 is 5.24. The normalized spacial score (nSPS) is 14.7. The Hall–Kier alpha value is -3.00. The van der Waals surface area contributed by atoms with Crippen molar-refractivity contribution in [3.05, 3.63) is 51.4 Å². The zero-order chi connectivity index (χ0) is 24.1. The average Bonchev–Trinajstić information content (AvgIpc) is 3.31. The highest BCUT2D eigenvalue weighted by molar-refractivity contribution is 7.17. The average molecular weight is 483 g/mol. The van der Waals surface area contributed by atoms with Crippen LogP contribution in [0.15, 0.2) is 24.3 Å². The summed E-state index contributed by atoms with van der Waals surface area (Å²) in [6.45, 7) is 2.48. The molecule has 1 N–H and O–H groups in total. The van der Waals surface area contributed by atoms with Crippen molar-refractivity contribution in [2.75, 3.05) is 18.5 Å². The van der Waals surface area contributed by atoms with Crippen molar-refractivity contribution in [3.8, 4) is 0 Å². The molecule has 0 saturated heterocycles. The maximum atomic E-state index is 12.6. The molecule has 0 saturated carbocycles. The molecule has 2 aliphatic rings. The monoisotopic (exact) mass is 482 g/mol. The number of nitrogens with one attached hydrogen (secondary N) is 1. The first-order valence-electron chi connectivity index (χ1n) is 12.1. The van der Waals surface area contributed by atoms with Gasteiger partial charge in [-0.25, -0.2) is 4.79 Å². The van der Waals surface area contributed by atoms with Crippen LogP contribution in [0.25, 0.3) is 0 Å². The summed E-state index contributed by atoms with van der Waals surface area (Å²) in [7, 11) is 0. The van der Waals surface area contributed by atoms with E-state index in [2.05, 4.69) is 5.32 Å². The topological polar surface area (TPSA) is 92.8 Å². The molecule has 4 rings (SSSR count). The molecule has 0 atom stereocenters. The number of hydrogen-bond acceptors (Lipinski definition) is 6. The molecule has 2 heterocycles. The largest absolute Gasteiger partial charge is 0.462 e. The molecule has 0 bridgehead atoms. The van der Waals surface area contributed by atoms with E-state index in [-0.39, 0.29) is 23.7 Å². The van der Waals surface area contributed by atoms with Gasteiger partial charge in [0.05, 0.1) is 23.3 Å². The molecule has 180 valence electrons. The van der Waals surface area contributed by atoms with Crippen LogP contribution in [0.3, 0.4) is 0 Å². The lowest BCUT2D eigenvalue weighted by molar-refractivity contribution is -0.116. The zero-order valence-electron chi connectivity index (χ0n) is 19.5. The van der Waals surface area contributed by atoms with E-state index in [4.69, 9.17) is 4.74 Å². The minimum Gasteiger partial charge on any atom is -0.462 e. The third-order valence-corrected chi connectivity index (χ3v) is 7.52. The van der Waals surface area contributed by atoms with Crippen molar-refractivity contribution >= 4 is 40.0 Å². The van der Waals surface area contributed by atoms with Crippen LogP contribution in [-0.2, 0) is 22.4 Å². The third kappa shape index (κ3) is 5.06. The predicted molar refractivity (Wildman–Crippen MR) is 130 cm³/mol. The van der Waals surface area contributed by atoms with Gasteiger partial charge in [0.15, 0.2) is 0 Å². The molecule has 7 nitrogen and oxygen atoms in total. The van der Waals surface area contributed by atoms with Gasteiger partial charge in [0.25, 0.3) is 11.8 Å². The standard InChI is InChI=1S/C26H30N2O5S/c1-2-33-26(32)22-19-13-8-9-14-20(19)34-23(22)27-21(29)15-5-3-4-10-16-28-24(30)17-11-6-7-12-18(17)25(28)31/h6-7,11-12H,2-5,8-10,13-16H2,1H3,(H,27,29). The quantitative estimate of drug-likeness (QED) is 0.293. The lowest BCUT2D eigenvalue weighted by Crippen LogP contribution is -2.30. The van der Waals surface area contributed by atoms with Gasteiger partial charge in [0.1, 0.15) is 5.00 Å². The molecular weight excluding hydrogens is 452 g/mol. The third-order valence-electron chi connectivity index (χ3n) is 6.32. The van der Waals surface area contributed by atoms with Crippen molar-refractivity contribution < 1.29 is 23.9 Å². The SMILES string of the molecule is CCOC(=O)c1c(NC(=O)CCCCCCN2C(=O)c3ccccc3C2=O)sc2c1CCCC2. The van der Waals surface area contributed by atoms with E-state index in [0.717, 1.165) is 44.1 Å². The number of esters is 1. The second kappa shape index (κ2) is 11.0. The van der Waals surface area contributed by atoms with Crippen molar-refractivity contribution in [3.63, 3.8) is 0 Å². The van der Waals surface area contributed by atoms with Gasteiger partial charge >= 0.3 is 5.97 Å². The number of amides is 3. The number of nitrogens with zero attached hydrogens (tertiary/aromatic N) is 1. The van der Waals surface area contributed by atoms with Crippen molar-refractivity contribution in [1.82, 2.24) is 4.90 Å². The Labute approximate surface area is 203 Å². The molecule has 1 aromatic carbocycles. The number of ether oxygens (including phenoxy) is 1. The summed E-state index contributed by atoms with van der Waals surface area (Å²) in [5, 5.41) is 3.56. The molecule has 2 aromatic rings. The molecule has 1 aromatic heterocycles. The first kappa shape index (κ1) is 24.1. The van der Waals surface area contributed by atoms with Crippen LogP contribution in [0.5, 0.6) is 0 Å². The summed E-state index contributed by atoms with van der Waals surface area (Å²) in [5.41, 5.74) is 2.53. The summed E-state index contributed by atoms with van der Waals surface area (Å²) in [6.07, 6.45) is 7.35. The van der Waals surface area contributed by atoms with Gasteiger partial charge < -0.3 is 10.1 Å². The second-order valence-corrected chi connectivity index (χ2v) is 9.76. The molecule has 0 radical (unpaired) electrons. The fourth-order valence-electron chi connectivity index (χ4n) is 4.61. The first-order valence-corrected chi connectivity index (χ1v) is 12.9. The second-order valence-electron chi connectivity index (χ2n) is 8.66. The molecule has 3 amide bonds. The lowest BCUT2D eigenvalue weighted by Gasteiger charge is -2.13. The summed E-state index contributed by atoms with van der Waals surface area (Å²) in [4.78, 5) is 52.4. The number of carbonyl (C=O) groups is 4. The Morgan fingerprint density at radius 1 is 1.00 bits per heavy atom. The summed E-state index contributed by atoms with van der Waals surface area (Å²) in [5.74, 6) is -0.915. The molecule has 8 heteroatoms. The van der Waals surface area contributed by atoms with Crippen LogP contribution in [-0.4, -0.2) is 41.7 Å². The predicted octanol–water partition coefficient (Wildman–Crippen LogP) is 4.99. The van der Waals surface area contributed by atoms with E-state index in [1.807, 2.05) is 0 Å². The minimum atomic E-state index is -0.356. The molecule has 1 aliphatic carbocycles. The highest BCUT2D eigenvalue weighted by Crippen LogP contribution is 2.38. The number of imide groups is 1. The van der Waals surface area contributed by atoms with Crippen LogP contribution in [0.4, 0.5) is 5.00 Å². The maximum absolute atomic E-state index is 12.6. The van der Waals surface area contributed by atoms with E-state index in [1.54, 1.807) is 31.2 Å². The number of rotatable bonds is 10. The first-order chi connectivity index (χ1) is 16.5. The zero-order valence-corrected chi connectivity index (χ0v) is 20.3. The molecule has 0 fully saturated rings.